The molecule has 1 aliphatic heterocycles. The van der Waals surface area contributed by atoms with Gasteiger partial charge in [0.05, 0.1) is 24.0 Å². The molecule has 27 heavy (non-hydrogen) atoms. The third-order valence-corrected chi connectivity index (χ3v) is 4.73. The molecule has 0 atom stereocenters. The maximum absolute atomic E-state index is 13.3. The van der Waals surface area contributed by atoms with Crippen molar-refractivity contribution in [2.45, 2.75) is 19.6 Å². The van der Waals surface area contributed by atoms with Crippen molar-refractivity contribution in [2.75, 3.05) is 13.6 Å². The van der Waals surface area contributed by atoms with E-state index in [1.54, 1.807) is 11.9 Å². The quantitative estimate of drug-likeness (QED) is 0.767. The van der Waals surface area contributed by atoms with Gasteiger partial charge in [-0.1, -0.05) is 24.3 Å². The number of aromatic nitrogens is 2. The third kappa shape index (κ3) is 3.59. The van der Waals surface area contributed by atoms with Gasteiger partial charge in [0.15, 0.2) is 0 Å². The minimum absolute atomic E-state index is 0.0268. The third-order valence-electron chi connectivity index (χ3n) is 4.73. The van der Waals surface area contributed by atoms with E-state index in [-0.39, 0.29) is 23.4 Å². The lowest BCUT2D eigenvalue weighted by atomic mass is 10.1. The second kappa shape index (κ2) is 6.92. The standard InChI is InChI=1S/C20H19FN4O2/c1-24(12-19(26)25-9-13-4-2-3-5-14(13)10-25)11-18-22-17-7-6-15(21)8-16(17)20(27)23-18/h2-8H,9-12H2,1H3,(H,22,23,27). The molecule has 1 aliphatic rings. The molecule has 0 saturated heterocycles. The van der Waals surface area contributed by atoms with Crippen LogP contribution >= 0.6 is 0 Å². The Morgan fingerprint density at radius 1 is 1.22 bits per heavy atom. The maximum atomic E-state index is 13.3. The number of nitrogens with zero attached hydrogens (tertiary/aromatic N) is 3. The van der Waals surface area contributed by atoms with Crippen LogP contribution in [0.25, 0.3) is 10.9 Å². The van der Waals surface area contributed by atoms with Gasteiger partial charge in [-0.3, -0.25) is 14.5 Å². The molecule has 7 heteroatoms. The lowest BCUT2D eigenvalue weighted by Gasteiger charge is -2.21. The largest absolute Gasteiger partial charge is 0.333 e. The van der Waals surface area contributed by atoms with Gasteiger partial charge in [0, 0.05) is 13.1 Å². The first-order valence-electron chi connectivity index (χ1n) is 8.71. The van der Waals surface area contributed by atoms with Crippen molar-refractivity contribution in [2.24, 2.45) is 0 Å². The molecule has 1 amide bonds. The highest BCUT2D eigenvalue weighted by atomic mass is 19.1. The van der Waals surface area contributed by atoms with Gasteiger partial charge in [-0.2, -0.15) is 0 Å². The number of fused-ring (bicyclic) bond motifs is 2. The molecule has 0 radical (unpaired) electrons. The number of carbonyl (C=O) groups is 1. The van der Waals surface area contributed by atoms with E-state index in [4.69, 9.17) is 0 Å². The Balaban J connectivity index is 1.43. The number of H-pyrrole nitrogens is 1. The number of aromatic amines is 1. The number of likely N-dealkylation sites (N-methyl/N-ethyl adjacent to an activating group) is 1. The summed E-state index contributed by atoms with van der Waals surface area (Å²) in [7, 11) is 1.80. The zero-order valence-corrected chi connectivity index (χ0v) is 14.9. The van der Waals surface area contributed by atoms with E-state index >= 15 is 0 Å². The first kappa shape index (κ1) is 17.4. The number of halogens is 1. The fraction of sp³-hybridized carbons (Fsp3) is 0.250. The summed E-state index contributed by atoms with van der Waals surface area (Å²) in [5.41, 5.74) is 2.41. The molecule has 1 N–H and O–H groups in total. The molecule has 0 bridgehead atoms. The number of amides is 1. The van der Waals surface area contributed by atoms with Crippen LogP contribution in [0.1, 0.15) is 17.0 Å². The van der Waals surface area contributed by atoms with E-state index in [0.29, 0.717) is 31.0 Å². The fourth-order valence-corrected chi connectivity index (χ4v) is 3.39. The van der Waals surface area contributed by atoms with E-state index in [1.807, 2.05) is 29.2 Å². The second-order valence-electron chi connectivity index (χ2n) is 6.86. The summed E-state index contributed by atoms with van der Waals surface area (Å²) in [5, 5.41) is 0.215. The second-order valence-corrected chi connectivity index (χ2v) is 6.86. The minimum Gasteiger partial charge on any atom is -0.333 e. The van der Waals surface area contributed by atoms with Gasteiger partial charge < -0.3 is 9.88 Å². The van der Waals surface area contributed by atoms with Crippen molar-refractivity contribution in [3.63, 3.8) is 0 Å². The monoisotopic (exact) mass is 366 g/mol. The van der Waals surface area contributed by atoms with E-state index in [1.165, 1.54) is 29.3 Å². The highest BCUT2D eigenvalue weighted by Crippen LogP contribution is 2.22. The molecule has 1 aromatic heterocycles. The fourth-order valence-electron chi connectivity index (χ4n) is 3.39. The van der Waals surface area contributed by atoms with Crippen molar-refractivity contribution in [1.82, 2.24) is 19.8 Å². The molecule has 0 spiro atoms. The van der Waals surface area contributed by atoms with Crippen LogP contribution in [0.15, 0.2) is 47.3 Å². The first-order chi connectivity index (χ1) is 13.0. The van der Waals surface area contributed by atoms with E-state index < -0.39 is 5.82 Å². The number of nitrogens with one attached hydrogen (secondary N) is 1. The van der Waals surface area contributed by atoms with E-state index in [9.17, 15) is 14.0 Å². The Kier molecular flexibility index (Phi) is 4.45. The van der Waals surface area contributed by atoms with Crippen molar-refractivity contribution < 1.29 is 9.18 Å². The Labute approximate surface area is 155 Å². The molecule has 0 unspecified atom stereocenters. The zero-order valence-electron chi connectivity index (χ0n) is 14.9. The van der Waals surface area contributed by atoms with Gasteiger partial charge in [0.1, 0.15) is 11.6 Å². The molecule has 138 valence electrons. The van der Waals surface area contributed by atoms with Crippen LogP contribution in [0, 0.1) is 5.82 Å². The lowest BCUT2D eigenvalue weighted by molar-refractivity contribution is -0.132. The topological polar surface area (TPSA) is 69.3 Å². The smallest absolute Gasteiger partial charge is 0.258 e. The Morgan fingerprint density at radius 2 is 1.93 bits per heavy atom. The molecule has 2 aromatic carbocycles. The normalized spacial score (nSPS) is 13.4. The summed E-state index contributed by atoms with van der Waals surface area (Å²) in [5.74, 6) is -0.00472. The minimum atomic E-state index is -0.475. The van der Waals surface area contributed by atoms with Crippen molar-refractivity contribution in [3.05, 3.63) is 75.6 Å². The predicted octanol–water partition coefficient (Wildman–Crippen LogP) is 2.04. The van der Waals surface area contributed by atoms with E-state index in [2.05, 4.69) is 9.97 Å². The predicted molar refractivity (Wildman–Crippen MR) is 99.4 cm³/mol. The number of hydrogen-bond donors (Lipinski definition) is 1. The summed E-state index contributed by atoms with van der Waals surface area (Å²) in [6, 6.07) is 12.0. The summed E-state index contributed by atoms with van der Waals surface area (Å²) in [6.45, 7) is 1.78. The van der Waals surface area contributed by atoms with Gasteiger partial charge in [0.2, 0.25) is 5.91 Å². The van der Waals surface area contributed by atoms with Gasteiger partial charge >= 0.3 is 0 Å². The zero-order chi connectivity index (χ0) is 19.0. The highest BCUT2D eigenvalue weighted by Gasteiger charge is 2.23. The highest BCUT2D eigenvalue weighted by molar-refractivity contribution is 5.79. The first-order valence-corrected chi connectivity index (χ1v) is 8.71. The SMILES string of the molecule is CN(CC(=O)N1Cc2ccccc2C1)Cc1nc2ccc(F)cc2c(=O)[nH]1. The Bertz CT molecular complexity index is 1050. The van der Waals surface area contributed by atoms with Crippen LogP contribution < -0.4 is 5.56 Å². The average Bonchev–Trinajstić information content (AvgIpc) is 3.07. The Hall–Kier alpha value is -3.06. The van der Waals surface area contributed by atoms with Crippen LogP contribution in [-0.4, -0.2) is 39.3 Å². The van der Waals surface area contributed by atoms with Crippen LogP contribution in [0.5, 0.6) is 0 Å². The lowest BCUT2D eigenvalue weighted by Crippen LogP contribution is -2.36. The van der Waals surface area contributed by atoms with Crippen molar-refractivity contribution in [1.29, 1.82) is 0 Å². The van der Waals surface area contributed by atoms with Gasteiger partial charge in [0.25, 0.3) is 5.56 Å². The summed E-state index contributed by atoms with van der Waals surface area (Å²) in [4.78, 5) is 35.4. The Morgan fingerprint density at radius 3 is 2.63 bits per heavy atom. The summed E-state index contributed by atoms with van der Waals surface area (Å²) in [6.07, 6.45) is 0. The van der Waals surface area contributed by atoms with Crippen LogP contribution in [0.3, 0.4) is 0 Å². The molecule has 0 aliphatic carbocycles. The average molecular weight is 366 g/mol. The molecular formula is C20H19FN4O2. The van der Waals surface area contributed by atoms with E-state index in [0.717, 1.165) is 0 Å². The molecule has 3 aromatic rings. The number of hydrogen-bond acceptors (Lipinski definition) is 4. The molecule has 4 rings (SSSR count). The van der Waals surface area contributed by atoms with Gasteiger partial charge in [-0.25, -0.2) is 9.37 Å². The molecular weight excluding hydrogens is 347 g/mol. The number of benzene rings is 2. The molecule has 2 heterocycles. The molecule has 0 saturated carbocycles. The van der Waals surface area contributed by atoms with Crippen LogP contribution in [0.4, 0.5) is 4.39 Å². The van der Waals surface area contributed by atoms with Crippen LogP contribution in [-0.2, 0) is 24.4 Å². The van der Waals surface area contributed by atoms with Gasteiger partial charge in [-0.05, 0) is 36.4 Å². The summed E-state index contributed by atoms with van der Waals surface area (Å²) < 4.78 is 13.3. The molecule has 6 nitrogen and oxygen atoms in total. The van der Waals surface area contributed by atoms with Crippen molar-refractivity contribution in [3.8, 4) is 0 Å². The van der Waals surface area contributed by atoms with Gasteiger partial charge in [-0.15, -0.1) is 0 Å². The van der Waals surface area contributed by atoms with Crippen molar-refractivity contribution >= 4 is 16.8 Å². The molecule has 0 fully saturated rings. The number of rotatable bonds is 4. The summed E-state index contributed by atoms with van der Waals surface area (Å²) >= 11 is 0. The maximum Gasteiger partial charge on any atom is 0.258 e. The number of carbonyl (C=O) groups excluding carboxylic acids is 1. The van der Waals surface area contributed by atoms with Crippen LogP contribution in [0.2, 0.25) is 0 Å².